The summed E-state index contributed by atoms with van der Waals surface area (Å²) in [6.07, 6.45) is 6.95. The summed E-state index contributed by atoms with van der Waals surface area (Å²) in [6, 6.07) is 6.16. The Labute approximate surface area is 138 Å². The molecule has 1 atom stereocenters. The van der Waals surface area contributed by atoms with E-state index in [0.29, 0.717) is 6.54 Å². The van der Waals surface area contributed by atoms with E-state index in [9.17, 15) is 12.8 Å². The largest absolute Gasteiger partial charge is 0.282 e. The van der Waals surface area contributed by atoms with Gasteiger partial charge in [0.1, 0.15) is 5.82 Å². The summed E-state index contributed by atoms with van der Waals surface area (Å²) in [4.78, 5) is 0. The molecule has 2 fully saturated rings. The average Bonchev–Trinajstić information content (AvgIpc) is 3.06. The van der Waals surface area contributed by atoms with Crippen LogP contribution in [0, 0.1) is 5.82 Å². The molecule has 0 spiro atoms. The third kappa shape index (κ3) is 3.44. The van der Waals surface area contributed by atoms with Crippen LogP contribution in [-0.2, 0) is 10.2 Å². The van der Waals surface area contributed by atoms with Crippen molar-refractivity contribution in [2.24, 2.45) is 0 Å². The molecule has 0 amide bonds. The molecule has 1 aliphatic carbocycles. The van der Waals surface area contributed by atoms with Crippen LogP contribution in [0.3, 0.4) is 0 Å². The highest BCUT2D eigenvalue weighted by Crippen LogP contribution is 2.36. The molecule has 6 heteroatoms. The fraction of sp³-hybridized carbons (Fsp3) is 0.647. The first-order chi connectivity index (χ1) is 11.0. The summed E-state index contributed by atoms with van der Waals surface area (Å²) in [6.45, 7) is 0.543. The zero-order chi connectivity index (χ0) is 16.4. The summed E-state index contributed by atoms with van der Waals surface area (Å²) in [5.41, 5.74) is 0.879. The van der Waals surface area contributed by atoms with E-state index in [4.69, 9.17) is 0 Å². The van der Waals surface area contributed by atoms with Gasteiger partial charge in [0.15, 0.2) is 0 Å². The molecule has 0 aromatic heterocycles. The molecule has 3 rings (SSSR count). The van der Waals surface area contributed by atoms with Crippen LogP contribution in [0.2, 0.25) is 0 Å². The number of hydrogen-bond acceptors (Lipinski definition) is 2. The second-order valence-electron chi connectivity index (χ2n) is 6.64. The third-order valence-corrected chi connectivity index (χ3v) is 7.26. The molecule has 1 aromatic carbocycles. The quantitative estimate of drug-likeness (QED) is 0.842. The van der Waals surface area contributed by atoms with Crippen LogP contribution >= 0.6 is 0 Å². The minimum atomic E-state index is -3.47. The molecule has 1 saturated carbocycles. The summed E-state index contributed by atoms with van der Waals surface area (Å²) < 4.78 is 42.4. The average molecular weight is 340 g/mol. The molecule has 128 valence electrons. The van der Waals surface area contributed by atoms with Crippen molar-refractivity contribution in [3.8, 4) is 0 Å². The molecule has 0 radical (unpaired) electrons. The van der Waals surface area contributed by atoms with Crippen molar-refractivity contribution in [3.05, 3.63) is 35.6 Å². The molecule has 0 bridgehead atoms. The first-order valence-corrected chi connectivity index (χ1v) is 9.90. The maximum absolute atomic E-state index is 13.1. The van der Waals surface area contributed by atoms with E-state index in [1.54, 1.807) is 27.8 Å². The van der Waals surface area contributed by atoms with Crippen molar-refractivity contribution in [1.29, 1.82) is 0 Å². The van der Waals surface area contributed by atoms with Gasteiger partial charge in [-0.15, -0.1) is 0 Å². The van der Waals surface area contributed by atoms with Crippen LogP contribution in [-0.4, -0.2) is 36.7 Å². The van der Waals surface area contributed by atoms with Crippen LogP contribution in [0.5, 0.6) is 0 Å². The zero-order valence-corrected chi connectivity index (χ0v) is 14.4. The Bertz CT molecular complexity index is 626. The Morgan fingerprint density at radius 2 is 1.70 bits per heavy atom. The first kappa shape index (κ1) is 16.9. The van der Waals surface area contributed by atoms with Gasteiger partial charge in [0.05, 0.1) is 6.04 Å². The highest BCUT2D eigenvalue weighted by molar-refractivity contribution is 7.86. The fourth-order valence-corrected chi connectivity index (χ4v) is 5.66. The first-order valence-electron chi connectivity index (χ1n) is 8.50. The molecule has 23 heavy (non-hydrogen) atoms. The van der Waals surface area contributed by atoms with E-state index in [0.717, 1.165) is 44.1 Å². The maximum Gasteiger partial charge on any atom is 0.282 e. The lowest BCUT2D eigenvalue weighted by molar-refractivity contribution is 0.259. The Hall–Kier alpha value is -0.980. The van der Waals surface area contributed by atoms with E-state index in [2.05, 4.69) is 0 Å². The Balaban J connectivity index is 1.81. The molecule has 0 N–H and O–H groups in total. The number of hydrogen-bond donors (Lipinski definition) is 0. The molecule has 1 unspecified atom stereocenters. The SMILES string of the molecule is CN(C1CCCCC1)S(=O)(=O)N1CCCC1c1ccc(F)cc1. The van der Waals surface area contributed by atoms with Gasteiger partial charge in [0.2, 0.25) is 0 Å². The minimum absolute atomic E-state index is 0.114. The van der Waals surface area contributed by atoms with E-state index < -0.39 is 10.2 Å². The van der Waals surface area contributed by atoms with Crippen molar-refractivity contribution in [2.75, 3.05) is 13.6 Å². The van der Waals surface area contributed by atoms with Crippen molar-refractivity contribution < 1.29 is 12.8 Å². The maximum atomic E-state index is 13.1. The number of rotatable bonds is 4. The Morgan fingerprint density at radius 1 is 1.04 bits per heavy atom. The van der Waals surface area contributed by atoms with Gasteiger partial charge < -0.3 is 0 Å². The highest BCUT2D eigenvalue weighted by atomic mass is 32.2. The molecule has 1 aromatic rings. The van der Waals surface area contributed by atoms with Gasteiger partial charge in [-0.2, -0.15) is 17.0 Å². The van der Waals surface area contributed by atoms with Gasteiger partial charge in [-0.05, 0) is 43.4 Å². The molecule has 1 heterocycles. The highest BCUT2D eigenvalue weighted by Gasteiger charge is 2.39. The molecular weight excluding hydrogens is 315 g/mol. The minimum Gasteiger partial charge on any atom is -0.207 e. The zero-order valence-electron chi connectivity index (χ0n) is 13.6. The molecule has 2 aliphatic rings. The predicted octanol–water partition coefficient (Wildman–Crippen LogP) is 3.47. The van der Waals surface area contributed by atoms with E-state index >= 15 is 0 Å². The summed E-state index contributed by atoms with van der Waals surface area (Å²) in [5, 5.41) is 0. The van der Waals surface area contributed by atoms with Crippen LogP contribution < -0.4 is 0 Å². The number of halogens is 1. The van der Waals surface area contributed by atoms with Crippen molar-refractivity contribution in [3.63, 3.8) is 0 Å². The van der Waals surface area contributed by atoms with Crippen molar-refractivity contribution >= 4 is 10.2 Å². The topological polar surface area (TPSA) is 40.6 Å². The third-order valence-electron chi connectivity index (χ3n) is 5.21. The fourth-order valence-electron chi connectivity index (χ4n) is 3.83. The second kappa shape index (κ2) is 6.87. The monoisotopic (exact) mass is 340 g/mol. The van der Waals surface area contributed by atoms with Crippen molar-refractivity contribution in [1.82, 2.24) is 8.61 Å². The number of benzene rings is 1. The van der Waals surface area contributed by atoms with Gasteiger partial charge in [0, 0.05) is 19.6 Å². The molecular formula is C17H25FN2O2S. The van der Waals surface area contributed by atoms with Gasteiger partial charge in [-0.25, -0.2) is 4.39 Å². The van der Waals surface area contributed by atoms with E-state index in [1.807, 2.05) is 0 Å². The predicted molar refractivity (Wildman–Crippen MR) is 88.6 cm³/mol. The normalized spacial score (nSPS) is 24.4. The summed E-state index contributed by atoms with van der Waals surface area (Å²) in [5.74, 6) is -0.291. The summed E-state index contributed by atoms with van der Waals surface area (Å²) in [7, 11) is -1.76. The molecule has 1 saturated heterocycles. The standard InChI is InChI=1S/C17H25FN2O2S/c1-19(16-6-3-2-4-7-16)23(21,22)20-13-5-8-17(20)14-9-11-15(18)12-10-14/h9-12,16-17H,2-8,13H2,1H3. The Kier molecular flexibility index (Phi) is 5.04. The number of nitrogens with zero attached hydrogens (tertiary/aromatic N) is 2. The van der Waals surface area contributed by atoms with Crippen molar-refractivity contribution in [2.45, 2.75) is 57.0 Å². The van der Waals surface area contributed by atoms with E-state index in [-0.39, 0.29) is 17.9 Å². The van der Waals surface area contributed by atoms with Crippen LogP contribution in [0.1, 0.15) is 56.6 Å². The van der Waals surface area contributed by atoms with Gasteiger partial charge >= 0.3 is 0 Å². The smallest absolute Gasteiger partial charge is 0.207 e. The Morgan fingerprint density at radius 3 is 2.35 bits per heavy atom. The molecule has 4 nitrogen and oxygen atoms in total. The van der Waals surface area contributed by atoms with Crippen LogP contribution in [0.4, 0.5) is 4.39 Å². The lowest BCUT2D eigenvalue weighted by atomic mass is 9.96. The lowest BCUT2D eigenvalue weighted by Gasteiger charge is -2.35. The second-order valence-corrected chi connectivity index (χ2v) is 8.58. The van der Waals surface area contributed by atoms with Crippen LogP contribution in [0.25, 0.3) is 0 Å². The summed E-state index contributed by atoms with van der Waals surface area (Å²) >= 11 is 0. The van der Waals surface area contributed by atoms with E-state index in [1.165, 1.54) is 18.6 Å². The molecule has 1 aliphatic heterocycles. The van der Waals surface area contributed by atoms with Crippen LogP contribution in [0.15, 0.2) is 24.3 Å². The van der Waals surface area contributed by atoms with Gasteiger partial charge in [-0.1, -0.05) is 31.4 Å². The van der Waals surface area contributed by atoms with Gasteiger partial charge in [0.25, 0.3) is 10.2 Å². The van der Waals surface area contributed by atoms with Gasteiger partial charge in [-0.3, -0.25) is 0 Å². The lowest BCUT2D eigenvalue weighted by Crippen LogP contribution is -2.46.